The molecule has 8 aromatic rings. The molecule has 0 aliphatic heterocycles. The molecule has 51 heavy (non-hydrogen) atoms. The van der Waals surface area contributed by atoms with Crippen LogP contribution in [0.15, 0.2) is 131 Å². The zero-order valence-electron chi connectivity index (χ0n) is 29.2. The number of aryl methyl sites for hydroxylation is 4. The Morgan fingerprint density at radius 3 is 1.12 bits per heavy atom. The van der Waals surface area contributed by atoms with Gasteiger partial charge < -0.3 is 10.2 Å². The minimum absolute atomic E-state index is 0. The maximum absolute atomic E-state index is 11.1. The van der Waals surface area contributed by atoms with Crippen LogP contribution in [0.2, 0.25) is 0 Å². The van der Waals surface area contributed by atoms with E-state index in [1.165, 1.54) is 32.7 Å². The Bertz CT molecular complexity index is 2540. The van der Waals surface area contributed by atoms with Crippen molar-refractivity contribution in [3.8, 4) is 22.6 Å². The molecule has 8 aromatic carbocycles. The molecule has 0 atom stereocenters. The van der Waals surface area contributed by atoms with Crippen LogP contribution < -0.4 is 0 Å². The van der Waals surface area contributed by atoms with E-state index in [4.69, 9.17) is 9.98 Å². The average Bonchev–Trinajstić information content (AvgIpc) is 3.15. The number of fused-ring (bicyclic) bond motifs is 4. The Hall–Kier alpha value is -5.64. The maximum Gasteiger partial charge on any atom is 0.125 e. The van der Waals surface area contributed by atoms with Crippen molar-refractivity contribution in [3.05, 3.63) is 155 Å². The summed E-state index contributed by atoms with van der Waals surface area (Å²) in [5.74, 6) is 0.379. The summed E-state index contributed by atoms with van der Waals surface area (Å²) in [6, 6.07) is 40.3. The number of benzene rings is 8. The van der Waals surface area contributed by atoms with Crippen molar-refractivity contribution in [1.29, 1.82) is 0 Å². The standard InChI is InChI=1S/C46H36N2O2.Zn/c1-27-31-13-5-7-15-33(31)29(3)45-35(27)21-23-43(49)39(45)25-47-41-19-11-9-17-37(41)38-18-10-12-20-42(38)48-26-40-44(50)24-22-36-28(2)32-14-6-8-16-34(32)30(4)46(36)40;/h5-26,49-50H,1-4H3;. The molecule has 8 rings (SSSR count). The molecular formula is C46H36N2O2Zn. The number of rotatable bonds is 5. The van der Waals surface area contributed by atoms with E-state index in [1.807, 2.05) is 60.7 Å². The molecule has 0 aliphatic carbocycles. The second kappa shape index (κ2) is 13.6. The van der Waals surface area contributed by atoms with Gasteiger partial charge in [-0.2, -0.15) is 0 Å². The first-order chi connectivity index (χ1) is 24.3. The summed E-state index contributed by atoms with van der Waals surface area (Å²) in [4.78, 5) is 10.0. The van der Waals surface area contributed by atoms with Crippen LogP contribution in [0.25, 0.3) is 54.2 Å². The zero-order chi connectivity index (χ0) is 34.5. The van der Waals surface area contributed by atoms with Gasteiger partial charge in [-0.05, 0) is 117 Å². The van der Waals surface area contributed by atoms with E-state index in [0.717, 1.165) is 55.2 Å². The van der Waals surface area contributed by atoms with Crippen molar-refractivity contribution in [3.63, 3.8) is 0 Å². The Labute approximate surface area is 310 Å². The van der Waals surface area contributed by atoms with Gasteiger partial charge in [-0.1, -0.05) is 97.1 Å². The number of aliphatic imine (C=N–C) groups is 2. The predicted molar refractivity (Wildman–Crippen MR) is 212 cm³/mol. The number of nitrogens with zero attached hydrogens (tertiary/aromatic N) is 2. The SMILES string of the molecule is Cc1c2ccccc2c(C)c2c(C=Nc3ccccc3-c3ccccc3N=Cc3c(O)ccc4c(C)c5ccccc5c(C)c34)c(O)ccc12.[Zn]. The van der Waals surface area contributed by atoms with Crippen molar-refractivity contribution in [2.45, 2.75) is 27.7 Å². The van der Waals surface area contributed by atoms with Gasteiger partial charge in [-0.25, -0.2) is 0 Å². The van der Waals surface area contributed by atoms with E-state index in [1.54, 1.807) is 24.6 Å². The number of para-hydroxylation sites is 2. The summed E-state index contributed by atoms with van der Waals surface area (Å²) in [5, 5.41) is 31.2. The van der Waals surface area contributed by atoms with Gasteiger partial charge in [-0.15, -0.1) is 0 Å². The third kappa shape index (κ3) is 5.68. The van der Waals surface area contributed by atoms with Crippen LogP contribution in [0.3, 0.4) is 0 Å². The Balaban J connectivity index is 0.00000406. The molecule has 0 heterocycles. The second-order valence-corrected chi connectivity index (χ2v) is 13.0. The van der Waals surface area contributed by atoms with Gasteiger partial charge in [0.05, 0.1) is 11.4 Å². The first-order valence-corrected chi connectivity index (χ1v) is 16.9. The van der Waals surface area contributed by atoms with Crippen LogP contribution >= 0.6 is 0 Å². The molecule has 0 spiro atoms. The molecule has 0 aliphatic rings. The van der Waals surface area contributed by atoms with Crippen LogP contribution in [0.4, 0.5) is 11.4 Å². The first kappa shape index (κ1) is 33.8. The van der Waals surface area contributed by atoms with E-state index in [-0.39, 0.29) is 31.0 Å². The number of phenolic OH excluding ortho intramolecular Hbond substituents is 2. The third-order valence-electron chi connectivity index (χ3n) is 10.2. The predicted octanol–water partition coefficient (Wildman–Crippen LogP) is 12.1. The van der Waals surface area contributed by atoms with Crippen molar-refractivity contribution in [2.24, 2.45) is 9.98 Å². The monoisotopic (exact) mass is 712 g/mol. The molecule has 2 N–H and O–H groups in total. The van der Waals surface area contributed by atoms with E-state index in [9.17, 15) is 10.2 Å². The Morgan fingerprint density at radius 1 is 0.392 bits per heavy atom. The fourth-order valence-electron chi connectivity index (χ4n) is 7.64. The molecule has 0 amide bonds. The first-order valence-electron chi connectivity index (χ1n) is 16.9. The molecule has 244 valence electrons. The molecule has 0 aromatic heterocycles. The van der Waals surface area contributed by atoms with Crippen LogP contribution in [-0.4, -0.2) is 22.6 Å². The van der Waals surface area contributed by atoms with Gasteiger partial charge in [0.1, 0.15) is 11.5 Å². The fourth-order valence-corrected chi connectivity index (χ4v) is 7.64. The second-order valence-electron chi connectivity index (χ2n) is 13.0. The summed E-state index contributed by atoms with van der Waals surface area (Å²) >= 11 is 0. The van der Waals surface area contributed by atoms with Gasteiger partial charge in [-0.3, -0.25) is 9.98 Å². The Kier molecular flexibility index (Phi) is 9.01. The third-order valence-corrected chi connectivity index (χ3v) is 10.2. The number of hydrogen-bond acceptors (Lipinski definition) is 4. The summed E-state index contributed by atoms with van der Waals surface area (Å²) in [7, 11) is 0. The quantitative estimate of drug-likeness (QED) is 0.106. The largest absolute Gasteiger partial charge is 0.507 e. The van der Waals surface area contributed by atoms with E-state index >= 15 is 0 Å². The fraction of sp³-hybridized carbons (Fsp3) is 0.0870. The normalized spacial score (nSPS) is 11.8. The van der Waals surface area contributed by atoms with Crippen LogP contribution in [0.5, 0.6) is 11.5 Å². The molecular weight excluding hydrogens is 678 g/mol. The molecule has 0 bridgehead atoms. The molecule has 0 unspecified atom stereocenters. The van der Waals surface area contributed by atoms with Gasteiger partial charge >= 0.3 is 0 Å². The van der Waals surface area contributed by atoms with Gasteiger partial charge in [0, 0.05) is 54.2 Å². The molecule has 0 fully saturated rings. The molecule has 4 nitrogen and oxygen atoms in total. The van der Waals surface area contributed by atoms with E-state index < -0.39 is 0 Å². The van der Waals surface area contributed by atoms with Gasteiger partial charge in [0.25, 0.3) is 0 Å². The summed E-state index contributed by atoms with van der Waals surface area (Å²) in [6.45, 7) is 8.50. The number of phenols is 2. The molecule has 0 radical (unpaired) electrons. The molecule has 5 heteroatoms. The van der Waals surface area contributed by atoms with E-state index in [2.05, 4.69) is 76.2 Å². The Morgan fingerprint density at radius 2 is 0.725 bits per heavy atom. The summed E-state index contributed by atoms with van der Waals surface area (Å²) in [5.41, 5.74) is 9.31. The topological polar surface area (TPSA) is 65.2 Å². The molecule has 0 saturated carbocycles. The van der Waals surface area contributed by atoms with Crippen LogP contribution in [-0.2, 0) is 19.5 Å². The minimum atomic E-state index is 0. The van der Waals surface area contributed by atoms with Crippen molar-refractivity contribution in [1.82, 2.24) is 0 Å². The van der Waals surface area contributed by atoms with Crippen molar-refractivity contribution >= 4 is 66.9 Å². The number of hydrogen-bond donors (Lipinski definition) is 2. The maximum atomic E-state index is 11.1. The summed E-state index contributed by atoms with van der Waals surface area (Å²) in [6.07, 6.45) is 3.57. The van der Waals surface area contributed by atoms with E-state index in [0.29, 0.717) is 11.1 Å². The zero-order valence-corrected chi connectivity index (χ0v) is 32.2. The van der Waals surface area contributed by atoms with Crippen molar-refractivity contribution in [2.75, 3.05) is 0 Å². The molecule has 0 saturated heterocycles. The number of aromatic hydroxyl groups is 2. The minimum Gasteiger partial charge on any atom is -0.507 e. The van der Waals surface area contributed by atoms with Crippen LogP contribution in [0, 0.1) is 27.7 Å². The van der Waals surface area contributed by atoms with Gasteiger partial charge in [0.15, 0.2) is 0 Å². The average molecular weight is 714 g/mol. The smallest absolute Gasteiger partial charge is 0.125 e. The van der Waals surface area contributed by atoms with Crippen LogP contribution in [0.1, 0.15) is 33.4 Å². The van der Waals surface area contributed by atoms with Crippen molar-refractivity contribution < 1.29 is 29.7 Å². The van der Waals surface area contributed by atoms with Gasteiger partial charge in [0.2, 0.25) is 0 Å². The summed E-state index contributed by atoms with van der Waals surface area (Å²) < 4.78 is 0.